The van der Waals surface area contributed by atoms with Crippen molar-refractivity contribution in [3.05, 3.63) is 64.6 Å². The lowest BCUT2D eigenvalue weighted by molar-refractivity contribution is -0.137. The van der Waals surface area contributed by atoms with Crippen LogP contribution in [0.1, 0.15) is 5.56 Å². The van der Waals surface area contributed by atoms with Crippen LogP contribution in [0.3, 0.4) is 0 Å². The first-order chi connectivity index (χ1) is 11.4. The van der Waals surface area contributed by atoms with E-state index in [0.717, 1.165) is 16.6 Å². The zero-order chi connectivity index (χ0) is 16.9. The van der Waals surface area contributed by atoms with E-state index in [1.54, 1.807) is 24.3 Å². The number of aromatic nitrogens is 4. The van der Waals surface area contributed by atoms with E-state index in [2.05, 4.69) is 15.1 Å². The van der Waals surface area contributed by atoms with E-state index in [9.17, 15) is 18.0 Å². The molecule has 1 N–H and O–H groups in total. The van der Waals surface area contributed by atoms with Crippen LogP contribution in [0.15, 0.2) is 53.3 Å². The minimum absolute atomic E-state index is 0.186. The monoisotopic (exact) mass is 330 g/mol. The van der Waals surface area contributed by atoms with Crippen LogP contribution in [0.5, 0.6) is 0 Å². The molecule has 2 aromatic carbocycles. The number of rotatable bonds is 1. The first kappa shape index (κ1) is 14.4. The molecule has 0 saturated carbocycles. The van der Waals surface area contributed by atoms with Crippen molar-refractivity contribution in [3.8, 4) is 11.4 Å². The van der Waals surface area contributed by atoms with E-state index in [1.165, 1.54) is 12.1 Å². The smallest absolute Gasteiger partial charge is 0.305 e. The number of hydrogen-bond donors (Lipinski definition) is 1. The van der Waals surface area contributed by atoms with Crippen LogP contribution >= 0.6 is 0 Å². The second-order valence-electron chi connectivity index (χ2n) is 5.22. The summed E-state index contributed by atoms with van der Waals surface area (Å²) in [6.45, 7) is 0. The molecular weight excluding hydrogens is 321 g/mol. The number of halogens is 3. The van der Waals surface area contributed by atoms with Gasteiger partial charge in [-0.2, -0.15) is 17.7 Å². The Balaban J connectivity index is 1.91. The van der Waals surface area contributed by atoms with Crippen LogP contribution in [-0.2, 0) is 6.18 Å². The number of benzene rings is 2. The molecule has 4 aromatic rings. The summed E-state index contributed by atoms with van der Waals surface area (Å²) >= 11 is 0. The maximum absolute atomic E-state index is 12.6. The Morgan fingerprint density at radius 1 is 1.00 bits per heavy atom. The highest BCUT2D eigenvalue weighted by Crippen LogP contribution is 2.30. The predicted octanol–water partition coefficient (Wildman–Crippen LogP) is 3.26. The fourth-order valence-corrected chi connectivity index (χ4v) is 2.51. The fourth-order valence-electron chi connectivity index (χ4n) is 2.51. The molecule has 5 nitrogen and oxygen atoms in total. The Morgan fingerprint density at radius 2 is 1.71 bits per heavy atom. The van der Waals surface area contributed by atoms with Gasteiger partial charge in [0, 0.05) is 10.9 Å². The van der Waals surface area contributed by atoms with Crippen molar-refractivity contribution in [2.24, 2.45) is 0 Å². The van der Waals surface area contributed by atoms with E-state index in [0.29, 0.717) is 22.1 Å². The molecule has 24 heavy (non-hydrogen) atoms. The minimum Gasteiger partial charge on any atom is -0.305 e. The van der Waals surface area contributed by atoms with E-state index < -0.39 is 17.4 Å². The summed E-state index contributed by atoms with van der Waals surface area (Å²) in [6.07, 6.45) is -4.40. The maximum Gasteiger partial charge on any atom is 0.416 e. The van der Waals surface area contributed by atoms with Gasteiger partial charge in [0.2, 0.25) is 0 Å². The van der Waals surface area contributed by atoms with E-state index in [-0.39, 0.29) is 5.82 Å². The molecule has 0 bridgehead atoms. The van der Waals surface area contributed by atoms with E-state index >= 15 is 0 Å². The first-order valence-electron chi connectivity index (χ1n) is 6.99. The molecule has 4 rings (SSSR count). The lowest BCUT2D eigenvalue weighted by Crippen LogP contribution is -2.17. The fraction of sp³-hybridized carbons (Fsp3) is 0.0625. The van der Waals surface area contributed by atoms with Crippen LogP contribution < -0.4 is 5.69 Å². The summed E-state index contributed by atoms with van der Waals surface area (Å²) in [7, 11) is 0. The van der Waals surface area contributed by atoms with Gasteiger partial charge >= 0.3 is 11.9 Å². The largest absolute Gasteiger partial charge is 0.416 e. The number of nitrogens with one attached hydrogen (secondary N) is 1. The van der Waals surface area contributed by atoms with Crippen LogP contribution in [-0.4, -0.2) is 19.6 Å². The van der Waals surface area contributed by atoms with Gasteiger partial charge in [0.05, 0.1) is 11.1 Å². The van der Waals surface area contributed by atoms with Gasteiger partial charge in [0.15, 0.2) is 11.5 Å². The summed E-state index contributed by atoms with van der Waals surface area (Å²) in [5, 5.41) is 4.80. The summed E-state index contributed by atoms with van der Waals surface area (Å²) in [4.78, 5) is 19.1. The Labute approximate surface area is 132 Å². The molecule has 120 valence electrons. The van der Waals surface area contributed by atoms with Gasteiger partial charge in [-0.15, -0.1) is 5.10 Å². The SMILES string of the molecule is O=c1[nH]c2ccccc2c2nc(-c3ccc(C(F)(F)F)cc3)nn12. The van der Waals surface area contributed by atoms with Crippen molar-refractivity contribution in [1.29, 1.82) is 0 Å². The van der Waals surface area contributed by atoms with Crippen LogP contribution in [0.4, 0.5) is 13.2 Å². The molecule has 2 aromatic heterocycles. The Bertz CT molecular complexity index is 1110. The van der Waals surface area contributed by atoms with Gasteiger partial charge in [-0.3, -0.25) is 0 Å². The molecule has 0 amide bonds. The van der Waals surface area contributed by atoms with Crippen molar-refractivity contribution in [2.45, 2.75) is 6.18 Å². The van der Waals surface area contributed by atoms with E-state index in [4.69, 9.17) is 0 Å². The second kappa shape index (κ2) is 4.92. The summed E-state index contributed by atoms with van der Waals surface area (Å²) in [5.74, 6) is 0.186. The topological polar surface area (TPSA) is 63.0 Å². The zero-order valence-corrected chi connectivity index (χ0v) is 12.0. The van der Waals surface area contributed by atoms with Gasteiger partial charge in [-0.25, -0.2) is 9.78 Å². The molecule has 0 saturated heterocycles. The van der Waals surface area contributed by atoms with Gasteiger partial charge < -0.3 is 4.98 Å². The molecule has 0 unspecified atom stereocenters. The first-order valence-corrected chi connectivity index (χ1v) is 6.99. The number of nitrogens with zero attached hydrogens (tertiary/aromatic N) is 3. The van der Waals surface area contributed by atoms with Gasteiger partial charge in [0.25, 0.3) is 0 Å². The van der Waals surface area contributed by atoms with Gasteiger partial charge in [-0.05, 0) is 24.3 Å². The normalized spacial score (nSPS) is 12.1. The van der Waals surface area contributed by atoms with Crippen molar-refractivity contribution in [1.82, 2.24) is 19.6 Å². The van der Waals surface area contributed by atoms with Crippen molar-refractivity contribution in [3.63, 3.8) is 0 Å². The highest BCUT2D eigenvalue weighted by atomic mass is 19.4. The van der Waals surface area contributed by atoms with Crippen molar-refractivity contribution < 1.29 is 13.2 Å². The standard InChI is InChI=1S/C16H9F3N4O/c17-16(18,19)10-7-5-9(6-8-10)13-21-14-11-3-1-2-4-12(11)20-15(24)23(14)22-13/h1-8H,(H,20,24). The number of hydrogen-bond acceptors (Lipinski definition) is 3. The number of para-hydroxylation sites is 1. The average molecular weight is 330 g/mol. The third-order valence-corrected chi connectivity index (χ3v) is 3.68. The second-order valence-corrected chi connectivity index (χ2v) is 5.22. The number of aromatic amines is 1. The number of H-pyrrole nitrogens is 1. The molecule has 0 aliphatic carbocycles. The molecule has 0 atom stereocenters. The lowest BCUT2D eigenvalue weighted by atomic mass is 10.1. The maximum atomic E-state index is 12.6. The summed E-state index contributed by atoms with van der Waals surface area (Å²) in [5.41, 5.74) is 0.147. The molecule has 0 spiro atoms. The average Bonchev–Trinajstić information content (AvgIpc) is 3.00. The zero-order valence-electron chi connectivity index (χ0n) is 12.0. The third kappa shape index (κ3) is 2.23. The Kier molecular flexibility index (Phi) is 2.96. The molecule has 0 aliphatic heterocycles. The Hall–Kier alpha value is -3.16. The molecule has 0 aliphatic rings. The highest BCUT2D eigenvalue weighted by Gasteiger charge is 2.30. The highest BCUT2D eigenvalue weighted by molar-refractivity contribution is 5.91. The van der Waals surface area contributed by atoms with Crippen molar-refractivity contribution >= 4 is 16.6 Å². The van der Waals surface area contributed by atoms with E-state index in [1.807, 2.05) is 0 Å². The van der Waals surface area contributed by atoms with Crippen LogP contribution in [0.2, 0.25) is 0 Å². The quantitative estimate of drug-likeness (QED) is 0.583. The van der Waals surface area contributed by atoms with Gasteiger partial charge in [0.1, 0.15) is 0 Å². The predicted molar refractivity (Wildman–Crippen MR) is 81.6 cm³/mol. The molecule has 2 heterocycles. The minimum atomic E-state index is -4.40. The number of alkyl halides is 3. The molecule has 0 radical (unpaired) electrons. The lowest BCUT2D eigenvalue weighted by Gasteiger charge is -2.05. The summed E-state index contributed by atoms with van der Waals surface area (Å²) in [6, 6.07) is 11.6. The number of fused-ring (bicyclic) bond motifs is 3. The van der Waals surface area contributed by atoms with Crippen molar-refractivity contribution in [2.75, 3.05) is 0 Å². The molecule has 0 fully saturated rings. The Morgan fingerprint density at radius 3 is 2.42 bits per heavy atom. The molecule has 8 heteroatoms. The molecular formula is C16H9F3N4O. The van der Waals surface area contributed by atoms with Crippen LogP contribution in [0, 0.1) is 0 Å². The summed E-state index contributed by atoms with van der Waals surface area (Å²) < 4.78 is 39.0. The van der Waals surface area contributed by atoms with Gasteiger partial charge in [-0.1, -0.05) is 24.3 Å². The third-order valence-electron chi connectivity index (χ3n) is 3.68. The van der Waals surface area contributed by atoms with Crippen LogP contribution in [0.25, 0.3) is 27.9 Å².